The van der Waals surface area contributed by atoms with E-state index in [1.165, 1.54) is 0 Å². The van der Waals surface area contributed by atoms with Crippen molar-refractivity contribution in [3.63, 3.8) is 0 Å². The molecular weight excluding hydrogens is 296 g/mol. The van der Waals surface area contributed by atoms with Gasteiger partial charge in [0.1, 0.15) is 11.5 Å². The Morgan fingerprint density at radius 3 is 2.96 bits per heavy atom. The van der Waals surface area contributed by atoms with Crippen LogP contribution in [0.25, 0.3) is 0 Å². The summed E-state index contributed by atoms with van der Waals surface area (Å²) in [5.74, 6) is 1.31. The van der Waals surface area contributed by atoms with Crippen molar-refractivity contribution in [3.8, 4) is 0 Å². The molecule has 0 amide bonds. The standard InChI is InChI=1S/C16H22N4O3/c1-2-3-12-4-5-13(23-12)9-20-8-11(6-16(21)22)14(10-20)15-7-17-19-18-15/h4-5,7,11,14H,2-3,6,8-10H2,1H3,(H,21,22)(H,17,18,19)/t11-,14+/m0/s1. The molecule has 2 aromatic rings. The molecule has 0 aliphatic carbocycles. The van der Waals surface area contributed by atoms with Crippen LogP contribution in [-0.2, 0) is 17.8 Å². The molecule has 0 spiro atoms. The van der Waals surface area contributed by atoms with Crippen LogP contribution >= 0.6 is 0 Å². The zero-order valence-electron chi connectivity index (χ0n) is 13.2. The van der Waals surface area contributed by atoms with E-state index in [0.717, 1.165) is 43.1 Å². The Balaban J connectivity index is 1.67. The average molecular weight is 318 g/mol. The molecule has 0 bridgehead atoms. The third-order valence-electron chi connectivity index (χ3n) is 4.36. The Morgan fingerprint density at radius 2 is 2.26 bits per heavy atom. The van der Waals surface area contributed by atoms with Gasteiger partial charge in [0.15, 0.2) is 0 Å². The third-order valence-corrected chi connectivity index (χ3v) is 4.36. The molecule has 1 aliphatic rings. The number of nitrogens with one attached hydrogen (secondary N) is 1. The van der Waals surface area contributed by atoms with E-state index in [-0.39, 0.29) is 18.3 Å². The minimum absolute atomic E-state index is 0.0441. The van der Waals surface area contributed by atoms with Gasteiger partial charge in [0, 0.05) is 25.4 Å². The van der Waals surface area contributed by atoms with Gasteiger partial charge in [0.05, 0.1) is 24.9 Å². The molecule has 7 heteroatoms. The van der Waals surface area contributed by atoms with Crippen LogP contribution in [0.1, 0.15) is 42.9 Å². The van der Waals surface area contributed by atoms with Crippen LogP contribution in [0.2, 0.25) is 0 Å². The molecule has 3 heterocycles. The number of aromatic nitrogens is 3. The number of likely N-dealkylation sites (tertiary alicyclic amines) is 1. The van der Waals surface area contributed by atoms with Crippen molar-refractivity contribution >= 4 is 5.97 Å². The summed E-state index contributed by atoms with van der Waals surface area (Å²) in [4.78, 5) is 13.4. The zero-order chi connectivity index (χ0) is 16.2. The summed E-state index contributed by atoms with van der Waals surface area (Å²) in [7, 11) is 0. The summed E-state index contributed by atoms with van der Waals surface area (Å²) in [6.45, 7) is 4.33. The molecule has 7 nitrogen and oxygen atoms in total. The van der Waals surface area contributed by atoms with Crippen LogP contribution in [0.4, 0.5) is 0 Å². The first-order valence-corrected chi connectivity index (χ1v) is 8.03. The van der Waals surface area contributed by atoms with Gasteiger partial charge in [-0.15, -0.1) is 0 Å². The number of rotatable bonds is 7. The Kier molecular flexibility index (Phi) is 4.76. The normalized spacial score (nSPS) is 21.8. The van der Waals surface area contributed by atoms with Crippen LogP contribution < -0.4 is 0 Å². The first-order valence-electron chi connectivity index (χ1n) is 8.03. The second-order valence-electron chi connectivity index (χ2n) is 6.17. The molecule has 23 heavy (non-hydrogen) atoms. The molecule has 2 atom stereocenters. The summed E-state index contributed by atoms with van der Waals surface area (Å²) >= 11 is 0. The largest absolute Gasteiger partial charge is 0.481 e. The molecule has 1 aliphatic heterocycles. The van der Waals surface area contributed by atoms with Gasteiger partial charge in [-0.05, 0) is 24.5 Å². The molecule has 0 unspecified atom stereocenters. The second kappa shape index (κ2) is 6.95. The molecule has 1 saturated heterocycles. The number of aromatic amines is 1. The number of hydrogen-bond acceptors (Lipinski definition) is 5. The fourth-order valence-electron chi connectivity index (χ4n) is 3.35. The van der Waals surface area contributed by atoms with Crippen molar-refractivity contribution < 1.29 is 14.3 Å². The Bertz CT molecular complexity index is 638. The number of aryl methyl sites for hydroxylation is 1. The molecule has 0 saturated carbocycles. The molecule has 3 rings (SSSR count). The van der Waals surface area contributed by atoms with E-state index in [1.54, 1.807) is 6.20 Å². The van der Waals surface area contributed by atoms with Gasteiger partial charge < -0.3 is 9.52 Å². The topological polar surface area (TPSA) is 95.2 Å². The minimum Gasteiger partial charge on any atom is -0.481 e. The number of aliphatic carboxylic acids is 1. The van der Waals surface area contributed by atoms with Crippen molar-refractivity contribution in [1.29, 1.82) is 0 Å². The lowest BCUT2D eigenvalue weighted by Crippen LogP contribution is -2.20. The SMILES string of the molecule is CCCc1ccc(CN2C[C@H](CC(=O)O)[C@H](c3cn[nH]n3)C2)o1. The van der Waals surface area contributed by atoms with Gasteiger partial charge in [0.2, 0.25) is 0 Å². The molecular formula is C16H22N4O3. The highest BCUT2D eigenvalue weighted by molar-refractivity contribution is 5.67. The van der Waals surface area contributed by atoms with E-state index in [1.807, 2.05) is 12.1 Å². The lowest BCUT2D eigenvalue weighted by Gasteiger charge is -2.13. The maximum atomic E-state index is 11.1. The molecule has 2 N–H and O–H groups in total. The summed E-state index contributed by atoms with van der Waals surface area (Å²) in [5, 5.41) is 19.8. The van der Waals surface area contributed by atoms with E-state index in [4.69, 9.17) is 9.52 Å². The molecule has 124 valence electrons. The van der Waals surface area contributed by atoms with Gasteiger partial charge in [-0.1, -0.05) is 6.92 Å². The summed E-state index contributed by atoms with van der Waals surface area (Å²) < 4.78 is 5.84. The quantitative estimate of drug-likeness (QED) is 0.811. The van der Waals surface area contributed by atoms with Crippen molar-refractivity contribution in [2.75, 3.05) is 13.1 Å². The van der Waals surface area contributed by atoms with Gasteiger partial charge in [-0.2, -0.15) is 15.4 Å². The average Bonchev–Trinajstić information content (AvgIpc) is 3.20. The van der Waals surface area contributed by atoms with Crippen LogP contribution in [0.3, 0.4) is 0 Å². The van der Waals surface area contributed by atoms with Gasteiger partial charge in [-0.25, -0.2) is 0 Å². The van der Waals surface area contributed by atoms with E-state index in [2.05, 4.69) is 27.2 Å². The first-order chi connectivity index (χ1) is 11.2. The Hall–Kier alpha value is -2.15. The molecule has 1 fully saturated rings. The summed E-state index contributed by atoms with van der Waals surface area (Å²) in [5.41, 5.74) is 0.838. The van der Waals surface area contributed by atoms with Gasteiger partial charge >= 0.3 is 5.97 Å². The fourth-order valence-corrected chi connectivity index (χ4v) is 3.35. The van der Waals surface area contributed by atoms with E-state index in [0.29, 0.717) is 6.54 Å². The van der Waals surface area contributed by atoms with Gasteiger partial charge in [0.25, 0.3) is 0 Å². The van der Waals surface area contributed by atoms with E-state index >= 15 is 0 Å². The molecule has 0 radical (unpaired) electrons. The highest BCUT2D eigenvalue weighted by atomic mass is 16.4. The third kappa shape index (κ3) is 3.79. The summed E-state index contributed by atoms with van der Waals surface area (Å²) in [6.07, 6.45) is 3.84. The molecule has 0 aromatic carbocycles. The van der Waals surface area contributed by atoms with Crippen LogP contribution in [0.5, 0.6) is 0 Å². The van der Waals surface area contributed by atoms with Crippen molar-refractivity contribution in [1.82, 2.24) is 20.3 Å². The maximum Gasteiger partial charge on any atom is 0.303 e. The Morgan fingerprint density at radius 1 is 1.43 bits per heavy atom. The van der Waals surface area contributed by atoms with Crippen molar-refractivity contribution in [2.24, 2.45) is 5.92 Å². The van der Waals surface area contributed by atoms with Crippen molar-refractivity contribution in [2.45, 2.75) is 38.6 Å². The lowest BCUT2D eigenvalue weighted by atomic mass is 9.91. The number of carbonyl (C=O) groups is 1. The zero-order valence-corrected chi connectivity index (χ0v) is 13.2. The first kappa shape index (κ1) is 15.7. The second-order valence-corrected chi connectivity index (χ2v) is 6.17. The van der Waals surface area contributed by atoms with E-state index in [9.17, 15) is 4.79 Å². The van der Waals surface area contributed by atoms with Crippen LogP contribution in [0.15, 0.2) is 22.7 Å². The number of hydrogen-bond donors (Lipinski definition) is 2. The summed E-state index contributed by atoms with van der Waals surface area (Å²) in [6, 6.07) is 4.04. The Labute approximate surface area is 134 Å². The van der Waals surface area contributed by atoms with Crippen molar-refractivity contribution in [3.05, 3.63) is 35.5 Å². The number of furan rings is 1. The monoisotopic (exact) mass is 318 g/mol. The highest BCUT2D eigenvalue weighted by Crippen LogP contribution is 2.34. The minimum atomic E-state index is -0.770. The molecule has 2 aromatic heterocycles. The van der Waals surface area contributed by atoms with Crippen LogP contribution in [0, 0.1) is 5.92 Å². The lowest BCUT2D eigenvalue weighted by molar-refractivity contribution is -0.138. The number of carboxylic acid groups (broad SMARTS) is 1. The number of carboxylic acids is 1. The number of nitrogens with zero attached hydrogens (tertiary/aromatic N) is 3. The predicted molar refractivity (Wildman–Crippen MR) is 82.8 cm³/mol. The smallest absolute Gasteiger partial charge is 0.303 e. The van der Waals surface area contributed by atoms with Crippen LogP contribution in [-0.4, -0.2) is 44.5 Å². The maximum absolute atomic E-state index is 11.1. The number of H-pyrrole nitrogens is 1. The van der Waals surface area contributed by atoms with Gasteiger partial charge in [-0.3, -0.25) is 9.69 Å². The fraction of sp³-hybridized carbons (Fsp3) is 0.562. The highest BCUT2D eigenvalue weighted by Gasteiger charge is 2.36. The predicted octanol–water partition coefficient (Wildman–Crippen LogP) is 2.04. The van der Waals surface area contributed by atoms with E-state index < -0.39 is 5.97 Å².